The van der Waals surface area contributed by atoms with E-state index in [4.69, 9.17) is 11.6 Å². The Balaban J connectivity index is 1.30. The largest absolute Gasteiger partial charge is 0.368 e. The van der Waals surface area contributed by atoms with Crippen LogP contribution in [0, 0.1) is 0 Å². The first-order chi connectivity index (χ1) is 15.1. The van der Waals surface area contributed by atoms with Crippen LogP contribution >= 0.6 is 11.6 Å². The van der Waals surface area contributed by atoms with E-state index in [0.717, 1.165) is 24.5 Å². The lowest BCUT2D eigenvalue weighted by Gasteiger charge is -2.36. The van der Waals surface area contributed by atoms with E-state index in [-0.39, 0.29) is 11.9 Å². The van der Waals surface area contributed by atoms with Crippen molar-refractivity contribution in [3.05, 3.63) is 89.4 Å². The summed E-state index contributed by atoms with van der Waals surface area (Å²) in [6.07, 6.45) is 0. The number of benzene rings is 3. The molecule has 3 amide bonds. The summed E-state index contributed by atoms with van der Waals surface area (Å²) in [6.45, 7) is 2.77. The van der Waals surface area contributed by atoms with E-state index in [1.807, 2.05) is 59.5 Å². The number of carbonyl (C=O) groups is 2. The first kappa shape index (κ1) is 20.8. The van der Waals surface area contributed by atoms with Crippen molar-refractivity contribution in [3.8, 4) is 0 Å². The number of nitrogens with zero attached hydrogens (tertiary/aromatic N) is 2. The summed E-state index contributed by atoms with van der Waals surface area (Å²) < 4.78 is 0. The molecule has 0 radical (unpaired) electrons. The van der Waals surface area contributed by atoms with Crippen LogP contribution in [0.15, 0.2) is 78.9 Å². The van der Waals surface area contributed by atoms with Crippen molar-refractivity contribution in [2.24, 2.45) is 0 Å². The quantitative estimate of drug-likeness (QED) is 0.610. The summed E-state index contributed by atoms with van der Waals surface area (Å²) in [7, 11) is 0. The van der Waals surface area contributed by atoms with Gasteiger partial charge in [0, 0.05) is 43.2 Å². The van der Waals surface area contributed by atoms with Gasteiger partial charge in [0.15, 0.2) is 0 Å². The number of anilines is 3. The third kappa shape index (κ3) is 5.16. The second-order valence-electron chi connectivity index (χ2n) is 7.25. The first-order valence-corrected chi connectivity index (χ1v) is 10.5. The SMILES string of the molecule is O=C(Nc1ccc(N2CCN(C(=O)Nc3ccccc3)CC2)cc1)c1ccccc1Cl. The van der Waals surface area contributed by atoms with E-state index in [1.54, 1.807) is 24.3 Å². The van der Waals surface area contributed by atoms with Gasteiger partial charge in [-0.15, -0.1) is 0 Å². The normalized spacial score (nSPS) is 13.6. The Morgan fingerprint density at radius 2 is 1.32 bits per heavy atom. The minimum Gasteiger partial charge on any atom is -0.368 e. The van der Waals surface area contributed by atoms with Crippen molar-refractivity contribution in [3.63, 3.8) is 0 Å². The number of halogens is 1. The molecule has 0 unspecified atom stereocenters. The molecule has 6 nitrogen and oxygen atoms in total. The van der Waals surface area contributed by atoms with Gasteiger partial charge in [-0.05, 0) is 48.5 Å². The van der Waals surface area contributed by atoms with Crippen molar-refractivity contribution >= 4 is 40.6 Å². The molecule has 1 saturated heterocycles. The molecular formula is C24H23ClN4O2. The predicted octanol–water partition coefficient (Wildman–Crippen LogP) is 4.95. The van der Waals surface area contributed by atoms with Gasteiger partial charge in [-0.2, -0.15) is 0 Å². The van der Waals surface area contributed by atoms with E-state index in [1.165, 1.54) is 0 Å². The zero-order chi connectivity index (χ0) is 21.6. The fraction of sp³-hybridized carbons (Fsp3) is 0.167. The molecule has 0 aliphatic carbocycles. The molecule has 2 N–H and O–H groups in total. The second-order valence-corrected chi connectivity index (χ2v) is 7.66. The zero-order valence-corrected chi connectivity index (χ0v) is 17.7. The molecule has 0 aromatic heterocycles. The van der Waals surface area contributed by atoms with E-state index in [0.29, 0.717) is 29.4 Å². The molecule has 1 heterocycles. The van der Waals surface area contributed by atoms with Gasteiger partial charge in [-0.1, -0.05) is 41.9 Å². The number of nitrogens with one attached hydrogen (secondary N) is 2. The van der Waals surface area contributed by atoms with Crippen molar-refractivity contribution in [2.75, 3.05) is 41.7 Å². The van der Waals surface area contributed by atoms with Gasteiger partial charge in [0.05, 0.1) is 10.6 Å². The number of piperazine rings is 1. The molecule has 1 aliphatic rings. The summed E-state index contributed by atoms with van der Waals surface area (Å²) in [4.78, 5) is 28.9. The third-order valence-electron chi connectivity index (χ3n) is 5.20. The number of rotatable bonds is 4. The van der Waals surface area contributed by atoms with Crippen LogP contribution in [0.25, 0.3) is 0 Å². The molecule has 158 valence electrons. The average molecular weight is 435 g/mol. The van der Waals surface area contributed by atoms with Crippen molar-refractivity contribution in [1.29, 1.82) is 0 Å². The van der Waals surface area contributed by atoms with Crippen molar-refractivity contribution in [1.82, 2.24) is 4.90 Å². The highest BCUT2D eigenvalue weighted by Gasteiger charge is 2.21. The molecule has 3 aromatic carbocycles. The molecule has 0 atom stereocenters. The molecular weight excluding hydrogens is 412 g/mol. The van der Waals surface area contributed by atoms with Crippen molar-refractivity contribution in [2.45, 2.75) is 0 Å². The zero-order valence-electron chi connectivity index (χ0n) is 16.9. The Morgan fingerprint density at radius 3 is 2.00 bits per heavy atom. The van der Waals surface area contributed by atoms with Crippen molar-refractivity contribution < 1.29 is 9.59 Å². The topological polar surface area (TPSA) is 64.7 Å². The van der Waals surface area contributed by atoms with Crippen LogP contribution in [0.4, 0.5) is 21.9 Å². The Kier molecular flexibility index (Phi) is 6.38. The van der Waals surface area contributed by atoms with Gasteiger partial charge in [0.2, 0.25) is 0 Å². The summed E-state index contributed by atoms with van der Waals surface area (Å²) in [5, 5.41) is 6.22. The van der Waals surface area contributed by atoms with Crippen LogP contribution in [-0.4, -0.2) is 43.0 Å². The molecule has 3 aromatic rings. The highest BCUT2D eigenvalue weighted by Crippen LogP contribution is 2.22. The third-order valence-corrected chi connectivity index (χ3v) is 5.53. The smallest absolute Gasteiger partial charge is 0.321 e. The highest BCUT2D eigenvalue weighted by molar-refractivity contribution is 6.34. The maximum absolute atomic E-state index is 12.4. The minimum atomic E-state index is -0.239. The lowest BCUT2D eigenvalue weighted by atomic mass is 10.2. The number of para-hydroxylation sites is 1. The summed E-state index contributed by atoms with van der Waals surface area (Å²) in [5.41, 5.74) is 3.00. The minimum absolute atomic E-state index is 0.0801. The fourth-order valence-corrected chi connectivity index (χ4v) is 3.71. The molecule has 1 aliphatic heterocycles. The Bertz CT molecular complexity index is 1050. The molecule has 0 spiro atoms. The van der Waals surface area contributed by atoms with E-state index in [9.17, 15) is 9.59 Å². The molecule has 0 bridgehead atoms. The van der Waals surface area contributed by atoms with Gasteiger partial charge >= 0.3 is 6.03 Å². The van der Waals surface area contributed by atoms with E-state index < -0.39 is 0 Å². The lowest BCUT2D eigenvalue weighted by Crippen LogP contribution is -2.50. The Hall–Kier alpha value is -3.51. The van der Waals surface area contributed by atoms with E-state index >= 15 is 0 Å². The monoisotopic (exact) mass is 434 g/mol. The van der Waals surface area contributed by atoms with Gasteiger partial charge in [-0.3, -0.25) is 4.79 Å². The Labute approximate surface area is 186 Å². The maximum atomic E-state index is 12.4. The van der Waals surface area contributed by atoms with Gasteiger partial charge in [0.25, 0.3) is 5.91 Å². The summed E-state index contributed by atoms with van der Waals surface area (Å²) >= 11 is 6.09. The average Bonchev–Trinajstić information content (AvgIpc) is 2.80. The molecule has 4 rings (SSSR count). The van der Waals surface area contributed by atoms with Crippen LogP contribution in [0.1, 0.15) is 10.4 Å². The summed E-state index contributed by atoms with van der Waals surface area (Å²) in [5.74, 6) is -0.239. The molecule has 0 saturated carbocycles. The number of carbonyl (C=O) groups excluding carboxylic acids is 2. The summed E-state index contributed by atoms with van der Waals surface area (Å²) in [6, 6.07) is 24.0. The number of urea groups is 1. The first-order valence-electron chi connectivity index (χ1n) is 10.1. The lowest BCUT2D eigenvalue weighted by molar-refractivity contribution is 0.102. The van der Waals surface area contributed by atoms with Gasteiger partial charge in [-0.25, -0.2) is 4.79 Å². The highest BCUT2D eigenvalue weighted by atomic mass is 35.5. The molecule has 7 heteroatoms. The van der Waals surface area contributed by atoms with Crippen LogP contribution in [0.5, 0.6) is 0 Å². The van der Waals surface area contributed by atoms with Gasteiger partial charge in [0.1, 0.15) is 0 Å². The van der Waals surface area contributed by atoms with Gasteiger partial charge < -0.3 is 20.4 Å². The fourth-order valence-electron chi connectivity index (χ4n) is 3.49. The second kappa shape index (κ2) is 9.53. The van der Waals surface area contributed by atoms with Crippen LogP contribution in [0.3, 0.4) is 0 Å². The molecule has 31 heavy (non-hydrogen) atoms. The number of amides is 3. The van der Waals surface area contributed by atoms with Crippen LogP contribution in [0.2, 0.25) is 5.02 Å². The Morgan fingerprint density at radius 1 is 0.710 bits per heavy atom. The molecule has 1 fully saturated rings. The van der Waals surface area contributed by atoms with E-state index in [2.05, 4.69) is 15.5 Å². The predicted molar refractivity (Wildman–Crippen MR) is 125 cm³/mol. The van der Waals surface area contributed by atoms with Crippen LogP contribution in [-0.2, 0) is 0 Å². The number of hydrogen-bond donors (Lipinski definition) is 2. The number of hydrogen-bond acceptors (Lipinski definition) is 3. The maximum Gasteiger partial charge on any atom is 0.321 e. The standard InChI is InChI=1S/C24H23ClN4O2/c25-22-9-5-4-8-21(22)23(30)26-19-10-12-20(13-11-19)28-14-16-29(17-15-28)24(31)27-18-6-2-1-3-7-18/h1-13H,14-17H2,(H,26,30)(H,27,31). The van der Waals surface area contributed by atoms with Crippen LogP contribution < -0.4 is 15.5 Å².